The Kier molecular flexibility index (Phi) is 8.63. The van der Waals surface area contributed by atoms with E-state index in [2.05, 4.69) is 61.0 Å². The third kappa shape index (κ3) is 6.61. The molecule has 0 unspecified atom stereocenters. The zero-order valence-electron chi connectivity index (χ0n) is 17.9. The summed E-state index contributed by atoms with van der Waals surface area (Å²) in [4.78, 5) is 12.3. The van der Waals surface area contributed by atoms with Crippen LogP contribution in [0.4, 0.5) is 5.69 Å². The monoisotopic (exact) mass is 695 g/mol. The maximum Gasteiger partial charge on any atom is 0.259 e. The van der Waals surface area contributed by atoms with Crippen molar-refractivity contribution in [3.63, 3.8) is 0 Å². The zero-order chi connectivity index (χ0) is 23.9. The molecule has 0 heterocycles. The number of fused-ring (bicyclic) bond motifs is 1. The fraction of sp³-hybridized carbons (Fsp3) is 0.0769. The second-order valence-corrected chi connectivity index (χ2v) is 10.2. The van der Waals surface area contributed by atoms with E-state index >= 15 is 0 Å². The third-order valence-corrected chi connectivity index (χ3v) is 6.80. The van der Waals surface area contributed by atoms with E-state index in [9.17, 15) is 4.79 Å². The number of benzene rings is 4. The first-order valence-corrected chi connectivity index (χ1v) is 12.9. The number of anilines is 1. The van der Waals surface area contributed by atoms with Gasteiger partial charge >= 0.3 is 0 Å². The van der Waals surface area contributed by atoms with Gasteiger partial charge in [0.05, 0.1) is 19.9 Å². The summed E-state index contributed by atoms with van der Waals surface area (Å²) in [6.45, 7) is 0.578. The van der Waals surface area contributed by atoms with Gasteiger partial charge < -0.3 is 10.1 Å². The van der Waals surface area contributed by atoms with Crippen LogP contribution in [0.1, 0.15) is 11.1 Å². The topological polar surface area (TPSA) is 62.7 Å². The fourth-order valence-corrected chi connectivity index (χ4v) is 5.56. The summed E-state index contributed by atoms with van der Waals surface area (Å²) in [5, 5.41) is 10.2. The van der Waals surface area contributed by atoms with Gasteiger partial charge in [0.1, 0.15) is 12.4 Å². The van der Waals surface area contributed by atoms with Crippen molar-refractivity contribution in [1.82, 2.24) is 5.43 Å². The molecule has 4 aromatic carbocycles. The summed E-state index contributed by atoms with van der Waals surface area (Å²) < 4.78 is 7.94. The number of carbonyl (C=O) groups is 1. The summed E-state index contributed by atoms with van der Waals surface area (Å²) in [6.07, 6.45) is 1.63. The van der Waals surface area contributed by atoms with Crippen molar-refractivity contribution in [2.45, 2.75) is 6.61 Å². The van der Waals surface area contributed by atoms with Crippen LogP contribution in [0.5, 0.6) is 5.75 Å². The lowest BCUT2D eigenvalue weighted by atomic mass is 10.1. The molecule has 34 heavy (non-hydrogen) atoms. The minimum absolute atomic E-state index is 0.123. The number of carbonyl (C=O) groups excluding carboxylic acids is 1. The van der Waals surface area contributed by atoms with Crippen molar-refractivity contribution in [3.05, 3.63) is 102 Å². The molecule has 4 aromatic rings. The molecule has 0 spiro atoms. The molecule has 0 aliphatic rings. The molecule has 4 rings (SSSR count). The molecule has 8 heteroatoms. The molecular formula is C26H20ClI2N3O2. The van der Waals surface area contributed by atoms with Crippen LogP contribution in [-0.2, 0) is 11.4 Å². The highest BCUT2D eigenvalue weighted by Crippen LogP contribution is 2.29. The molecule has 0 radical (unpaired) electrons. The Hall–Kier alpha value is -2.37. The highest BCUT2D eigenvalue weighted by atomic mass is 127. The van der Waals surface area contributed by atoms with Gasteiger partial charge in [0, 0.05) is 16.1 Å². The van der Waals surface area contributed by atoms with Crippen molar-refractivity contribution in [2.75, 3.05) is 11.9 Å². The summed E-state index contributed by atoms with van der Waals surface area (Å²) in [5.74, 6) is 0.591. The van der Waals surface area contributed by atoms with E-state index in [0.29, 0.717) is 11.6 Å². The van der Waals surface area contributed by atoms with Gasteiger partial charge in [-0.05, 0) is 92.0 Å². The van der Waals surface area contributed by atoms with E-state index in [-0.39, 0.29) is 12.5 Å². The average molecular weight is 696 g/mol. The Bertz CT molecular complexity index is 1320. The quantitative estimate of drug-likeness (QED) is 0.121. The number of hydrogen-bond acceptors (Lipinski definition) is 4. The number of halogens is 3. The molecule has 0 aromatic heterocycles. The molecular weight excluding hydrogens is 676 g/mol. The van der Waals surface area contributed by atoms with Crippen LogP contribution < -0.4 is 15.5 Å². The predicted molar refractivity (Wildman–Crippen MR) is 156 cm³/mol. The van der Waals surface area contributed by atoms with Crippen molar-refractivity contribution >= 4 is 85.4 Å². The Morgan fingerprint density at radius 3 is 2.44 bits per heavy atom. The Morgan fingerprint density at radius 2 is 1.68 bits per heavy atom. The van der Waals surface area contributed by atoms with E-state index in [1.165, 1.54) is 0 Å². The van der Waals surface area contributed by atoms with Crippen LogP contribution in [0.15, 0.2) is 84.0 Å². The van der Waals surface area contributed by atoms with Gasteiger partial charge in [0.25, 0.3) is 5.91 Å². The molecule has 0 saturated heterocycles. The van der Waals surface area contributed by atoms with Crippen molar-refractivity contribution < 1.29 is 9.53 Å². The zero-order valence-corrected chi connectivity index (χ0v) is 23.0. The fourth-order valence-electron chi connectivity index (χ4n) is 3.30. The number of amides is 1. The van der Waals surface area contributed by atoms with Crippen LogP contribution >= 0.6 is 56.8 Å². The summed E-state index contributed by atoms with van der Waals surface area (Å²) >= 11 is 10.4. The van der Waals surface area contributed by atoms with E-state index in [4.69, 9.17) is 16.3 Å². The minimum Gasteiger partial charge on any atom is -0.487 e. The predicted octanol–water partition coefficient (Wildman–Crippen LogP) is 6.84. The maximum absolute atomic E-state index is 12.3. The second-order valence-electron chi connectivity index (χ2n) is 7.40. The first-order chi connectivity index (χ1) is 16.5. The van der Waals surface area contributed by atoms with Crippen LogP contribution in [0.2, 0.25) is 5.02 Å². The molecule has 0 fully saturated rings. The molecule has 172 valence electrons. The number of nitrogens with zero attached hydrogens (tertiary/aromatic N) is 1. The highest BCUT2D eigenvalue weighted by molar-refractivity contribution is 14.1. The molecule has 0 saturated carbocycles. The summed E-state index contributed by atoms with van der Waals surface area (Å²) in [6, 6.07) is 25.5. The van der Waals surface area contributed by atoms with E-state index in [0.717, 1.165) is 40.5 Å². The summed E-state index contributed by atoms with van der Waals surface area (Å²) in [5.41, 5.74) is 5.40. The maximum atomic E-state index is 12.3. The number of hydrazone groups is 1. The Labute approximate surface area is 230 Å². The van der Waals surface area contributed by atoms with Gasteiger partial charge in [-0.1, -0.05) is 60.1 Å². The molecule has 2 N–H and O–H groups in total. The van der Waals surface area contributed by atoms with Crippen LogP contribution in [0.3, 0.4) is 0 Å². The molecule has 0 atom stereocenters. The molecule has 0 aliphatic heterocycles. The smallest absolute Gasteiger partial charge is 0.259 e. The van der Waals surface area contributed by atoms with E-state index < -0.39 is 0 Å². The lowest BCUT2D eigenvalue weighted by molar-refractivity contribution is -0.119. The number of hydrogen-bond donors (Lipinski definition) is 2. The van der Waals surface area contributed by atoms with Crippen LogP contribution in [-0.4, -0.2) is 18.7 Å². The van der Waals surface area contributed by atoms with Gasteiger partial charge in [-0.15, -0.1) is 0 Å². The molecule has 5 nitrogen and oxygen atoms in total. The lowest BCUT2D eigenvalue weighted by Gasteiger charge is -2.11. The van der Waals surface area contributed by atoms with Gasteiger partial charge in [0.15, 0.2) is 0 Å². The number of rotatable bonds is 8. The average Bonchev–Trinajstić information content (AvgIpc) is 2.83. The van der Waals surface area contributed by atoms with E-state index in [1.54, 1.807) is 6.21 Å². The Balaban J connectivity index is 1.32. The molecule has 1 amide bonds. The Morgan fingerprint density at radius 1 is 0.971 bits per heavy atom. The van der Waals surface area contributed by atoms with Crippen molar-refractivity contribution in [3.8, 4) is 5.75 Å². The molecule has 0 aliphatic carbocycles. The lowest BCUT2D eigenvalue weighted by Crippen LogP contribution is -2.25. The van der Waals surface area contributed by atoms with Crippen molar-refractivity contribution in [1.29, 1.82) is 0 Å². The van der Waals surface area contributed by atoms with Crippen LogP contribution in [0.25, 0.3) is 10.8 Å². The number of nitrogens with one attached hydrogen (secondary N) is 2. The second kappa shape index (κ2) is 11.9. The molecule has 0 bridgehead atoms. The highest BCUT2D eigenvalue weighted by Gasteiger charge is 2.09. The normalized spacial score (nSPS) is 11.0. The first-order valence-electron chi connectivity index (χ1n) is 10.4. The van der Waals surface area contributed by atoms with Gasteiger partial charge in [-0.2, -0.15) is 5.10 Å². The third-order valence-electron chi connectivity index (χ3n) is 4.95. The van der Waals surface area contributed by atoms with Crippen molar-refractivity contribution in [2.24, 2.45) is 5.10 Å². The van der Waals surface area contributed by atoms with Crippen LogP contribution in [0, 0.1) is 7.14 Å². The largest absolute Gasteiger partial charge is 0.487 e. The SMILES string of the molecule is O=C(CNc1cccc2ccccc12)N/N=C\c1cc(I)c(OCc2ccc(Cl)cc2)c(I)c1. The minimum atomic E-state index is -0.225. The summed E-state index contributed by atoms with van der Waals surface area (Å²) in [7, 11) is 0. The van der Waals surface area contributed by atoms with Gasteiger partial charge in [0.2, 0.25) is 0 Å². The number of ether oxygens (including phenoxy) is 1. The first kappa shape index (κ1) is 24.7. The van der Waals surface area contributed by atoms with Gasteiger partial charge in [-0.3, -0.25) is 4.79 Å². The van der Waals surface area contributed by atoms with Gasteiger partial charge in [-0.25, -0.2) is 5.43 Å². The standard InChI is InChI=1S/C26H20ClI2N3O2/c27-20-10-8-17(9-11-20)16-34-26-22(28)12-18(13-23(26)29)14-31-32-25(33)15-30-24-7-3-5-19-4-1-2-6-21(19)24/h1-14,30H,15-16H2,(H,32,33)/b31-14-. The van der Waals surface area contributed by atoms with E-state index in [1.807, 2.05) is 78.9 Å².